The van der Waals surface area contributed by atoms with Crippen LogP contribution in [0.25, 0.3) is 0 Å². The standard InChI is InChI=1S/C15H27NO2/c1-10(2)6-11-7-13-8-12(11)9-16(13)14(17)18-15(3,4)5/h10-13H,6-9H2,1-5H3. The first kappa shape index (κ1) is 13.7. The molecule has 1 aliphatic carbocycles. The van der Waals surface area contributed by atoms with Crippen molar-refractivity contribution in [2.24, 2.45) is 17.8 Å². The topological polar surface area (TPSA) is 29.5 Å². The Morgan fingerprint density at radius 1 is 1.33 bits per heavy atom. The van der Waals surface area contributed by atoms with Crippen molar-refractivity contribution in [3.8, 4) is 0 Å². The molecular weight excluding hydrogens is 226 g/mol. The lowest BCUT2D eigenvalue weighted by Crippen LogP contribution is -2.43. The van der Waals surface area contributed by atoms with E-state index in [1.165, 1.54) is 19.3 Å². The molecule has 2 aliphatic rings. The molecule has 0 aromatic rings. The summed E-state index contributed by atoms with van der Waals surface area (Å²) in [6.45, 7) is 11.3. The van der Waals surface area contributed by atoms with Crippen LogP contribution >= 0.6 is 0 Å². The molecule has 0 radical (unpaired) electrons. The van der Waals surface area contributed by atoms with Crippen LogP contribution in [0.1, 0.15) is 53.9 Å². The van der Waals surface area contributed by atoms with Gasteiger partial charge < -0.3 is 9.64 Å². The summed E-state index contributed by atoms with van der Waals surface area (Å²) in [4.78, 5) is 14.0. The Labute approximate surface area is 111 Å². The molecule has 1 amide bonds. The van der Waals surface area contributed by atoms with Crippen LogP contribution in [0.2, 0.25) is 0 Å². The quantitative estimate of drug-likeness (QED) is 0.751. The maximum atomic E-state index is 12.1. The lowest BCUT2D eigenvalue weighted by atomic mass is 9.87. The lowest BCUT2D eigenvalue weighted by Gasteiger charge is -2.33. The first-order valence-corrected chi connectivity index (χ1v) is 7.26. The Balaban J connectivity index is 1.89. The summed E-state index contributed by atoms with van der Waals surface area (Å²) in [7, 11) is 0. The molecule has 3 unspecified atom stereocenters. The maximum Gasteiger partial charge on any atom is 0.410 e. The fourth-order valence-corrected chi connectivity index (χ4v) is 3.50. The number of piperidine rings is 1. The van der Waals surface area contributed by atoms with Crippen molar-refractivity contribution < 1.29 is 9.53 Å². The molecule has 18 heavy (non-hydrogen) atoms. The largest absolute Gasteiger partial charge is 0.444 e. The minimum Gasteiger partial charge on any atom is -0.444 e. The van der Waals surface area contributed by atoms with Crippen molar-refractivity contribution >= 4 is 6.09 Å². The molecule has 104 valence electrons. The molecule has 1 saturated heterocycles. The van der Waals surface area contributed by atoms with Gasteiger partial charge in [0.25, 0.3) is 0 Å². The number of likely N-dealkylation sites (tertiary alicyclic amines) is 1. The normalized spacial score (nSPS) is 31.2. The van der Waals surface area contributed by atoms with Gasteiger partial charge in [0.1, 0.15) is 5.60 Å². The van der Waals surface area contributed by atoms with E-state index in [-0.39, 0.29) is 11.7 Å². The molecular formula is C15H27NO2. The van der Waals surface area contributed by atoms with Crippen molar-refractivity contribution in [3.63, 3.8) is 0 Å². The second kappa shape index (κ2) is 4.75. The van der Waals surface area contributed by atoms with E-state index in [1.54, 1.807) is 0 Å². The van der Waals surface area contributed by atoms with E-state index in [1.807, 2.05) is 25.7 Å². The van der Waals surface area contributed by atoms with Crippen LogP contribution in [0, 0.1) is 17.8 Å². The maximum absolute atomic E-state index is 12.1. The van der Waals surface area contributed by atoms with Gasteiger partial charge >= 0.3 is 6.09 Å². The number of nitrogens with zero attached hydrogens (tertiary/aromatic N) is 1. The Hall–Kier alpha value is -0.730. The van der Waals surface area contributed by atoms with Crippen molar-refractivity contribution in [1.82, 2.24) is 4.90 Å². The summed E-state index contributed by atoms with van der Waals surface area (Å²) in [6.07, 6.45) is 3.57. The van der Waals surface area contributed by atoms with E-state index in [0.717, 1.165) is 18.4 Å². The highest BCUT2D eigenvalue weighted by Crippen LogP contribution is 2.45. The predicted octanol–water partition coefficient (Wildman–Crippen LogP) is 3.68. The third-order valence-electron chi connectivity index (χ3n) is 4.09. The van der Waals surface area contributed by atoms with Crippen molar-refractivity contribution in [2.75, 3.05) is 6.54 Å². The minimum atomic E-state index is -0.379. The molecule has 2 rings (SSSR count). The number of carbonyl (C=O) groups is 1. The number of rotatable bonds is 2. The van der Waals surface area contributed by atoms with Crippen LogP contribution in [0.3, 0.4) is 0 Å². The number of hydrogen-bond donors (Lipinski definition) is 0. The van der Waals surface area contributed by atoms with Gasteiger partial charge in [-0.15, -0.1) is 0 Å². The zero-order chi connectivity index (χ0) is 13.5. The molecule has 3 atom stereocenters. The highest BCUT2D eigenvalue weighted by molar-refractivity contribution is 5.69. The fraction of sp³-hybridized carbons (Fsp3) is 0.933. The number of fused-ring (bicyclic) bond motifs is 2. The molecule has 1 heterocycles. The summed E-state index contributed by atoms with van der Waals surface area (Å²) in [5.74, 6) is 2.31. The van der Waals surface area contributed by atoms with Crippen molar-refractivity contribution in [2.45, 2.75) is 65.5 Å². The lowest BCUT2D eigenvalue weighted by molar-refractivity contribution is 0.0155. The third-order valence-corrected chi connectivity index (χ3v) is 4.09. The van der Waals surface area contributed by atoms with Crippen LogP contribution in [0.15, 0.2) is 0 Å². The SMILES string of the molecule is CC(C)CC1CC2CC1CN2C(=O)OC(C)(C)C. The number of hydrogen-bond acceptors (Lipinski definition) is 2. The van der Waals surface area contributed by atoms with Gasteiger partial charge in [0, 0.05) is 12.6 Å². The highest BCUT2D eigenvalue weighted by Gasteiger charge is 2.47. The third kappa shape index (κ3) is 2.99. The van der Waals surface area contributed by atoms with Gasteiger partial charge in [-0.1, -0.05) is 13.8 Å². The fourth-order valence-electron chi connectivity index (χ4n) is 3.50. The van der Waals surface area contributed by atoms with Gasteiger partial charge in [-0.3, -0.25) is 0 Å². The van der Waals surface area contributed by atoms with E-state index in [2.05, 4.69) is 13.8 Å². The van der Waals surface area contributed by atoms with E-state index in [9.17, 15) is 4.79 Å². The van der Waals surface area contributed by atoms with Crippen LogP contribution in [-0.2, 0) is 4.74 Å². The summed E-state index contributed by atoms with van der Waals surface area (Å²) in [5.41, 5.74) is -0.379. The van der Waals surface area contributed by atoms with E-state index < -0.39 is 0 Å². The van der Waals surface area contributed by atoms with E-state index >= 15 is 0 Å². The Bertz CT molecular complexity index is 319. The Morgan fingerprint density at radius 2 is 2.00 bits per heavy atom. The predicted molar refractivity (Wildman–Crippen MR) is 72.4 cm³/mol. The minimum absolute atomic E-state index is 0.113. The molecule has 0 aromatic heterocycles. The summed E-state index contributed by atoms with van der Waals surface area (Å²) in [6, 6.07) is 0.439. The molecule has 2 fully saturated rings. The molecule has 0 N–H and O–H groups in total. The van der Waals surface area contributed by atoms with Gasteiger partial charge in [-0.05, 0) is 57.8 Å². The Morgan fingerprint density at radius 3 is 2.44 bits per heavy atom. The zero-order valence-electron chi connectivity index (χ0n) is 12.4. The van der Waals surface area contributed by atoms with Gasteiger partial charge in [-0.2, -0.15) is 0 Å². The van der Waals surface area contributed by atoms with E-state index in [4.69, 9.17) is 4.74 Å². The zero-order valence-corrected chi connectivity index (χ0v) is 12.4. The van der Waals surface area contributed by atoms with Crippen molar-refractivity contribution in [3.05, 3.63) is 0 Å². The molecule has 0 aromatic carbocycles. The number of carbonyl (C=O) groups excluding carboxylic acids is 1. The summed E-state index contributed by atoms with van der Waals surface area (Å²) in [5, 5.41) is 0. The molecule has 3 nitrogen and oxygen atoms in total. The molecule has 3 heteroatoms. The van der Waals surface area contributed by atoms with Crippen LogP contribution in [-0.4, -0.2) is 29.2 Å². The first-order chi connectivity index (χ1) is 8.26. The monoisotopic (exact) mass is 253 g/mol. The van der Waals surface area contributed by atoms with Crippen LogP contribution in [0.4, 0.5) is 4.79 Å². The first-order valence-electron chi connectivity index (χ1n) is 7.26. The number of ether oxygens (including phenoxy) is 1. The molecule has 1 saturated carbocycles. The van der Waals surface area contributed by atoms with Crippen LogP contribution in [0.5, 0.6) is 0 Å². The smallest absolute Gasteiger partial charge is 0.410 e. The summed E-state index contributed by atoms with van der Waals surface area (Å²) < 4.78 is 5.48. The van der Waals surface area contributed by atoms with Gasteiger partial charge in [0.05, 0.1) is 0 Å². The van der Waals surface area contributed by atoms with Gasteiger partial charge in [0.2, 0.25) is 0 Å². The highest BCUT2D eigenvalue weighted by atomic mass is 16.6. The second-order valence-electron chi connectivity index (χ2n) is 7.41. The van der Waals surface area contributed by atoms with Crippen LogP contribution < -0.4 is 0 Å². The van der Waals surface area contributed by atoms with E-state index in [0.29, 0.717) is 12.0 Å². The number of amides is 1. The molecule has 0 spiro atoms. The van der Waals surface area contributed by atoms with Gasteiger partial charge in [0.15, 0.2) is 0 Å². The molecule has 2 bridgehead atoms. The second-order valence-corrected chi connectivity index (χ2v) is 7.41. The van der Waals surface area contributed by atoms with Gasteiger partial charge in [-0.25, -0.2) is 4.79 Å². The summed E-state index contributed by atoms with van der Waals surface area (Å²) >= 11 is 0. The van der Waals surface area contributed by atoms with Crippen molar-refractivity contribution in [1.29, 1.82) is 0 Å². The average Bonchev–Trinajstić information content (AvgIpc) is 2.72. The average molecular weight is 253 g/mol. The Kier molecular flexibility index (Phi) is 3.61. The molecule has 1 aliphatic heterocycles.